The van der Waals surface area contributed by atoms with Gasteiger partial charge < -0.3 is 20.9 Å². The lowest BCUT2D eigenvalue weighted by Gasteiger charge is -2.54. The van der Waals surface area contributed by atoms with E-state index in [4.69, 9.17) is 0 Å². The van der Waals surface area contributed by atoms with Crippen LogP contribution in [-0.4, -0.2) is 71.3 Å². The molecule has 4 aliphatic rings. The molecule has 212 valence electrons. The van der Waals surface area contributed by atoms with Crippen molar-refractivity contribution in [2.45, 2.75) is 95.1 Å². The molecule has 38 heavy (non-hydrogen) atoms. The van der Waals surface area contributed by atoms with Crippen molar-refractivity contribution in [2.75, 3.05) is 6.54 Å². The summed E-state index contributed by atoms with van der Waals surface area (Å²) in [5, 5.41) is 16.3. The normalized spacial score (nSPS) is 28.2. The second-order valence-electron chi connectivity index (χ2n) is 10.7. The third kappa shape index (κ3) is 6.53. The van der Waals surface area contributed by atoms with E-state index >= 15 is 0 Å². The van der Waals surface area contributed by atoms with Gasteiger partial charge in [0.25, 0.3) is 5.92 Å². The summed E-state index contributed by atoms with van der Waals surface area (Å²) in [7, 11) is 0. The Labute approximate surface area is 216 Å². The minimum absolute atomic E-state index is 0.0587. The first-order valence-corrected chi connectivity index (χ1v) is 12.7. The Kier molecular flexibility index (Phi) is 8.88. The summed E-state index contributed by atoms with van der Waals surface area (Å²) in [6, 6.07) is -3.93. The predicted octanol–water partition coefficient (Wildman–Crippen LogP) is 2.02. The van der Waals surface area contributed by atoms with E-state index in [1.54, 1.807) is 19.2 Å². The van der Waals surface area contributed by atoms with Crippen molar-refractivity contribution in [3.05, 3.63) is 0 Å². The molecule has 0 unspecified atom stereocenters. The molecule has 1 aliphatic carbocycles. The van der Waals surface area contributed by atoms with Crippen LogP contribution in [0.5, 0.6) is 0 Å². The van der Waals surface area contributed by atoms with Crippen molar-refractivity contribution in [2.24, 2.45) is 17.8 Å². The quantitative estimate of drug-likeness (QED) is 0.399. The fraction of sp³-hybridized carbons (Fsp3) is 0.792. The highest BCUT2D eigenvalue weighted by atomic mass is 19.4. The highest BCUT2D eigenvalue weighted by molar-refractivity contribution is 5.94. The van der Waals surface area contributed by atoms with E-state index in [0.717, 1.165) is 4.90 Å². The van der Waals surface area contributed by atoms with Crippen molar-refractivity contribution in [3.8, 4) is 6.07 Å². The number of hydrogen-bond acceptors (Lipinski definition) is 5. The van der Waals surface area contributed by atoms with Crippen LogP contribution >= 0.6 is 0 Å². The first-order valence-electron chi connectivity index (χ1n) is 12.7. The Bertz CT molecular complexity index is 982. The lowest BCUT2D eigenvalue weighted by Crippen LogP contribution is -2.71. The molecule has 4 amide bonds. The molecule has 3 N–H and O–H groups in total. The summed E-state index contributed by atoms with van der Waals surface area (Å²) in [6.07, 6.45) is -5.15. The van der Waals surface area contributed by atoms with Crippen molar-refractivity contribution >= 4 is 23.6 Å². The van der Waals surface area contributed by atoms with Crippen molar-refractivity contribution < 1.29 is 41.1 Å². The maximum absolute atomic E-state index is 14.9. The molecule has 3 aliphatic heterocycles. The summed E-state index contributed by atoms with van der Waals surface area (Å²) in [4.78, 5) is 51.5. The van der Waals surface area contributed by atoms with Crippen molar-refractivity contribution in [1.82, 2.24) is 20.9 Å². The first-order chi connectivity index (χ1) is 17.7. The largest absolute Gasteiger partial charge is 0.471 e. The molecule has 1 saturated carbocycles. The second kappa shape index (κ2) is 11.4. The van der Waals surface area contributed by atoms with Crippen LogP contribution in [-0.2, 0) is 19.2 Å². The Balaban J connectivity index is 1.87. The van der Waals surface area contributed by atoms with E-state index in [0.29, 0.717) is 19.4 Å². The van der Waals surface area contributed by atoms with Crippen LogP contribution in [0, 0.1) is 29.1 Å². The fourth-order valence-electron chi connectivity index (χ4n) is 5.68. The van der Waals surface area contributed by atoms with Crippen molar-refractivity contribution in [1.29, 1.82) is 5.26 Å². The van der Waals surface area contributed by atoms with Crippen molar-refractivity contribution in [3.63, 3.8) is 0 Å². The van der Waals surface area contributed by atoms with Gasteiger partial charge in [-0.1, -0.05) is 13.8 Å². The zero-order chi connectivity index (χ0) is 28.4. The van der Waals surface area contributed by atoms with Crippen LogP contribution in [0.1, 0.15) is 58.8 Å². The smallest absolute Gasteiger partial charge is 0.356 e. The lowest BCUT2D eigenvalue weighted by molar-refractivity contribution is -0.196. The minimum Gasteiger partial charge on any atom is -0.356 e. The number of fused-ring (bicyclic) bond motifs is 3. The minimum atomic E-state index is -5.27. The van der Waals surface area contributed by atoms with Crippen LogP contribution in [0.15, 0.2) is 0 Å². The number of nitrogens with zero attached hydrogens (tertiary/aromatic N) is 2. The van der Waals surface area contributed by atoms with Crippen LogP contribution < -0.4 is 16.0 Å². The van der Waals surface area contributed by atoms with E-state index in [1.165, 1.54) is 0 Å². The molecule has 9 nitrogen and oxygen atoms in total. The zero-order valence-corrected chi connectivity index (χ0v) is 21.1. The molecule has 4 fully saturated rings. The van der Waals surface area contributed by atoms with E-state index in [2.05, 4.69) is 10.6 Å². The number of alkyl halides is 5. The maximum Gasteiger partial charge on any atom is 0.471 e. The summed E-state index contributed by atoms with van der Waals surface area (Å²) in [5.74, 6) is -10.6. The van der Waals surface area contributed by atoms with Gasteiger partial charge >= 0.3 is 12.1 Å². The molecule has 6 atom stereocenters. The standard InChI is InChI=1S/C24H32F5N5O4/c1-12(2)8-17(33-22(38)24(27,28)29)21(37)34-15-5-6-16(23(25,26)10-15)18(34)20(36)32-14(11-30)9-13-4-3-7-31-19(13)35/h12-18H,3-10H2,1-2H3,(H,31,35)(H,32,36)(H,33,38)/t13-,14+,15+,16+,17+,18-/m0/s1. The van der Waals surface area contributed by atoms with Gasteiger partial charge in [-0.3, -0.25) is 19.2 Å². The molecule has 14 heteroatoms. The predicted molar refractivity (Wildman–Crippen MR) is 122 cm³/mol. The van der Waals surface area contributed by atoms with Crippen LogP contribution in [0.25, 0.3) is 0 Å². The Morgan fingerprint density at radius 1 is 1.18 bits per heavy atom. The molecule has 0 aromatic heterocycles. The number of nitrogens with one attached hydrogen (secondary N) is 3. The topological polar surface area (TPSA) is 131 Å². The molecule has 3 saturated heterocycles. The third-order valence-electron chi connectivity index (χ3n) is 7.42. The molecule has 4 rings (SSSR count). The van der Waals surface area contributed by atoms with Gasteiger partial charge in [0.15, 0.2) is 0 Å². The van der Waals surface area contributed by atoms with Gasteiger partial charge in [-0.15, -0.1) is 0 Å². The number of hydrogen-bond donors (Lipinski definition) is 3. The number of nitriles is 1. The average molecular weight is 550 g/mol. The lowest BCUT2D eigenvalue weighted by atomic mass is 9.71. The highest BCUT2D eigenvalue weighted by Crippen LogP contribution is 2.49. The van der Waals surface area contributed by atoms with Crippen LogP contribution in [0.3, 0.4) is 0 Å². The molecule has 2 bridgehead atoms. The molecular formula is C24H32F5N5O4. The third-order valence-corrected chi connectivity index (χ3v) is 7.42. The Morgan fingerprint density at radius 3 is 2.42 bits per heavy atom. The van der Waals surface area contributed by atoms with Gasteiger partial charge in [0.05, 0.1) is 12.0 Å². The number of carbonyl (C=O) groups excluding carboxylic acids is 4. The Hall–Kier alpha value is -2.98. The molecule has 3 heterocycles. The van der Waals surface area contributed by atoms with Gasteiger partial charge in [0, 0.05) is 24.9 Å². The second-order valence-corrected chi connectivity index (χ2v) is 10.7. The van der Waals surface area contributed by atoms with E-state index in [9.17, 15) is 46.4 Å². The van der Waals surface area contributed by atoms with E-state index < -0.39 is 72.2 Å². The number of amides is 4. The van der Waals surface area contributed by atoms with Gasteiger partial charge in [0.2, 0.25) is 17.7 Å². The molecule has 0 radical (unpaired) electrons. The SMILES string of the molecule is CC(C)C[C@@H](NC(=O)C(F)(F)F)C(=O)N1[C@@H]2CC[C@H]([C@H]1C(=O)N[C@@H](C#N)C[C@@H]1CCCNC1=O)C(F)(F)C2. The van der Waals surface area contributed by atoms with Crippen LogP contribution in [0.4, 0.5) is 22.0 Å². The van der Waals surface area contributed by atoms with Gasteiger partial charge in [-0.05, 0) is 44.4 Å². The molecule has 0 aromatic carbocycles. The molecule has 0 aromatic rings. The maximum atomic E-state index is 14.9. The Morgan fingerprint density at radius 2 is 1.87 bits per heavy atom. The van der Waals surface area contributed by atoms with E-state index in [1.807, 2.05) is 6.07 Å². The average Bonchev–Trinajstić information content (AvgIpc) is 2.82. The van der Waals surface area contributed by atoms with Gasteiger partial charge in [-0.2, -0.15) is 18.4 Å². The monoisotopic (exact) mass is 549 g/mol. The first kappa shape index (κ1) is 29.6. The van der Waals surface area contributed by atoms with Crippen LogP contribution in [0.2, 0.25) is 0 Å². The number of rotatable bonds is 8. The van der Waals surface area contributed by atoms with Gasteiger partial charge in [0.1, 0.15) is 18.1 Å². The number of halogens is 5. The summed E-state index contributed by atoms with van der Waals surface area (Å²) >= 11 is 0. The summed E-state index contributed by atoms with van der Waals surface area (Å²) in [5.41, 5.74) is 0. The zero-order valence-electron chi connectivity index (χ0n) is 21.1. The highest BCUT2D eigenvalue weighted by Gasteiger charge is 2.61. The molecular weight excluding hydrogens is 517 g/mol. The van der Waals surface area contributed by atoms with Gasteiger partial charge in [-0.25, -0.2) is 8.78 Å². The summed E-state index contributed by atoms with van der Waals surface area (Å²) < 4.78 is 68.7. The molecule has 0 spiro atoms. The summed E-state index contributed by atoms with van der Waals surface area (Å²) in [6.45, 7) is 3.71. The number of carbonyl (C=O) groups is 4. The fourth-order valence-corrected chi connectivity index (χ4v) is 5.68. The van der Waals surface area contributed by atoms with E-state index in [-0.39, 0.29) is 37.5 Å². The number of piperidine rings is 3.